The van der Waals surface area contributed by atoms with Gasteiger partial charge in [-0.3, -0.25) is 14.5 Å². The molecule has 2 rings (SSSR count). The van der Waals surface area contributed by atoms with Gasteiger partial charge >= 0.3 is 5.97 Å². The number of carboxylic acids is 1. The molecule has 0 radical (unpaired) electrons. The highest BCUT2D eigenvalue weighted by Gasteiger charge is 2.31. The molecular weight excluding hydrogens is 268 g/mol. The van der Waals surface area contributed by atoms with Crippen LogP contribution in [-0.2, 0) is 16.1 Å². The number of hydrogen-bond acceptors (Lipinski definition) is 3. The standard InChI is InChI=1S/C13H15ClN2O3/c14-10-3-1-9(2-4-10)8-16-6-5-15-13(19)11(16)7-12(17)18/h1-4,11H,5-8H2,(H,15,19)(H,17,18)/t11-/m0/s1. The Morgan fingerprint density at radius 1 is 1.42 bits per heavy atom. The Bertz CT molecular complexity index is 475. The number of carbonyl (C=O) groups is 2. The van der Waals surface area contributed by atoms with Gasteiger partial charge in [0.2, 0.25) is 5.91 Å². The molecule has 1 saturated heterocycles. The van der Waals surface area contributed by atoms with E-state index in [1.165, 1.54) is 0 Å². The Morgan fingerprint density at radius 2 is 2.11 bits per heavy atom. The van der Waals surface area contributed by atoms with Gasteiger partial charge in [0.25, 0.3) is 0 Å². The molecule has 19 heavy (non-hydrogen) atoms. The molecule has 1 aliphatic rings. The van der Waals surface area contributed by atoms with E-state index in [1.54, 1.807) is 12.1 Å². The summed E-state index contributed by atoms with van der Waals surface area (Å²) in [6.45, 7) is 1.73. The average molecular weight is 283 g/mol. The number of piperazine rings is 1. The lowest BCUT2D eigenvalue weighted by molar-refractivity contribution is -0.143. The molecule has 2 N–H and O–H groups in total. The number of hydrogen-bond donors (Lipinski definition) is 2. The molecule has 0 spiro atoms. The first kappa shape index (κ1) is 13.8. The van der Waals surface area contributed by atoms with E-state index in [-0.39, 0.29) is 12.3 Å². The Kier molecular flexibility index (Phi) is 4.39. The van der Waals surface area contributed by atoms with Crippen molar-refractivity contribution in [3.05, 3.63) is 34.9 Å². The molecule has 5 nitrogen and oxygen atoms in total. The maximum absolute atomic E-state index is 11.7. The highest BCUT2D eigenvalue weighted by atomic mass is 35.5. The second-order valence-corrected chi connectivity index (χ2v) is 4.94. The Labute approximate surface area is 116 Å². The smallest absolute Gasteiger partial charge is 0.305 e. The van der Waals surface area contributed by atoms with Crippen molar-refractivity contribution in [1.29, 1.82) is 0 Å². The second-order valence-electron chi connectivity index (χ2n) is 4.50. The third-order valence-electron chi connectivity index (χ3n) is 3.11. The molecule has 0 unspecified atom stereocenters. The highest BCUT2D eigenvalue weighted by molar-refractivity contribution is 6.30. The number of nitrogens with one attached hydrogen (secondary N) is 1. The van der Waals surface area contributed by atoms with Crippen LogP contribution in [0.1, 0.15) is 12.0 Å². The molecule has 1 aliphatic heterocycles. The van der Waals surface area contributed by atoms with E-state index >= 15 is 0 Å². The summed E-state index contributed by atoms with van der Waals surface area (Å²) in [4.78, 5) is 24.5. The third-order valence-corrected chi connectivity index (χ3v) is 3.36. The largest absolute Gasteiger partial charge is 0.481 e. The van der Waals surface area contributed by atoms with E-state index in [9.17, 15) is 9.59 Å². The first-order chi connectivity index (χ1) is 9.06. The first-order valence-electron chi connectivity index (χ1n) is 6.04. The Morgan fingerprint density at radius 3 is 2.74 bits per heavy atom. The maximum Gasteiger partial charge on any atom is 0.305 e. The molecule has 1 heterocycles. The molecule has 0 bridgehead atoms. The number of amides is 1. The lowest BCUT2D eigenvalue weighted by atomic mass is 10.1. The van der Waals surface area contributed by atoms with E-state index in [0.29, 0.717) is 24.7 Å². The molecule has 102 valence electrons. The zero-order valence-corrected chi connectivity index (χ0v) is 11.1. The van der Waals surface area contributed by atoms with Crippen molar-refractivity contribution in [2.24, 2.45) is 0 Å². The van der Waals surface area contributed by atoms with Gasteiger partial charge in [-0.2, -0.15) is 0 Å². The van der Waals surface area contributed by atoms with Gasteiger partial charge < -0.3 is 10.4 Å². The topological polar surface area (TPSA) is 69.6 Å². The second kappa shape index (κ2) is 6.04. The fourth-order valence-corrected chi connectivity index (χ4v) is 2.29. The molecule has 1 aromatic rings. The molecule has 1 fully saturated rings. The van der Waals surface area contributed by atoms with Crippen molar-refractivity contribution < 1.29 is 14.7 Å². The lowest BCUT2D eigenvalue weighted by Gasteiger charge is -2.34. The number of nitrogens with zero attached hydrogens (tertiary/aromatic N) is 1. The molecule has 1 aromatic carbocycles. The van der Waals surface area contributed by atoms with E-state index in [0.717, 1.165) is 5.56 Å². The van der Waals surface area contributed by atoms with Crippen molar-refractivity contribution in [2.45, 2.75) is 19.0 Å². The molecule has 1 atom stereocenters. The van der Waals surface area contributed by atoms with Crippen LogP contribution in [0.3, 0.4) is 0 Å². The van der Waals surface area contributed by atoms with Gasteiger partial charge in [-0.1, -0.05) is 23.7 Å². The normalized spacial score (nSPS) is 20.1. The van der Waals surface area contributed by atoms with Gasteiger partial charge in [0.05, 0.1) is 6.42 Å². The number of rotatable bonds is 4. The molecule has 0 saturated carbocycles. The molecule has 0 aromatic heterocycles. The number of aliphatic carboxylic acids is 1. The minimum absolute atomic E-state index is 0.181. The zero-order valence-electron chi connectivity index (χ0n) is 10.3. The fraction of sp³-hybridized carbons (Fsp3) is 0.385. The predicted octanol–water partition coefficient (Wildman–Crippen LogP) is 1.12. The van der Waals surface area contributed by atoms with Crippen LogP contribution in [0.15, 0.2) is 24.3 Å². The summed E-state index contributed by atoms with van der Waals surface area (Å²) >= 11 is 5.82. The van der Waals surface area contributed by atoms with Crippen LogP contribution in [-0.4, -0.2) is 41.0 Å². The van der Waals surface area contributed by atoms with Crippen molar-refractivity contribution in [3.63, 3.8) is 0 Å². The number of carboxylic acid groups (broad SMARTS) is 1. The molecule has 6 heteroatoms. The van der Waals surface area contributed by atoms with Gasteiger partial charge in [-0.25, -0.2) is 0 Å². The van der Waals surface area contributed by atoms with Gasteiger partial charge in [0, 0.05) is 24.7 Å². The summed E-state index contributed by atoms with van der Waals surface area (Å²) in [6.07, 6.45) is -0.181. The third kappa shape index (κ3) is 3.68. The van der Waals surface area contributed by atoms with Crippen molar-refractivity contribution in [2.75, 3.05) is 13.1 Å². The van der Waals surface area contributed by atoms with Gasteiger partial charge in [-0.05, 0) is 17.7 Å². The summed E-state index contributed by atoms with van der Waals surface area (Å²) in [5, 5.41) is 12.2. The van der Waals surface area contributed by atoms with Crippen molar-refractivity contribution >= 4 is 23.5 Å². The number of carbonyl (C=O) groups excluding carboxylic acids is 1. The summed E-state index contributed by atoms with van der Waals surface area (Å²) in [5.41, 5.74) is 1.01. The fourth-order valence-electron chi connectivity index (χ4n) is 2.16. The molecular formula is C13H15ClN2O3. The predicted molar refractivity (Wildman–Crippen MR) is 70.9 cm³/mol. The van der Waals surface area contributed by atoms with E-state index in [2.05, 4.69) is 5.32 Å². The summed E-state index contributed by atoms with van der Waals surface area (Å²) in [5.74, 6) is -1.19. The van der Waals surface area contributed by atoms with Gasteiger partial charge in [-0.15, -0.1) is 0 Å². The minimum atomic E-state index is -0.969. The SMILES string of the molecule is O=C(O)C[C@H]1C(=O)NCCN1Cc1ccc(Cl)cc1. The molecule has 0 aliphatic carbocycles. The first-order valence-corrected chi connectivity index (χ1v) is 6.42. The van der Waals surface area contributed by atoms with Crippen LogP contribution in [0.5, 0.6) is 0 Å². The lowest BCUT2D eigenvalue weighted by Crippen LogP contribution is -2.55. The van der Waals surface area contributed by atoms with Gasteiger partial charge in [0.1, 0.15) is 6.04 Å². The summed E-state index contributed by atoms with van der Waals surface area (Å²) < 4.78 is 0. The minimum Gasteiger partial charge on any atom is -0.481 e. The average Bonchev–Trinajstić information content (AvgIpc) is 2.36. The van der Waals surface area contributed by atoms with Crippen molar-refractivity contribution in [3.8, 4) is 0 Å². The van der Waals surface area contributed by atoms with E-state index < -0.39 is 12.0 Å². The number of benzene rings is 1. The summed E-state index contributed by atoms with van der Waals surface area (Å²) in [7, 11) is 0. The van der Waals surface area contributed by atoms with Crippen LogP contribution in [0.25, 0.3) is 0 Å². The number of halogens is 1. The van der Waals surface area contributed by atoms with Gasteiger partial charge in [0.15, 0.2) is 0 Å². The zero-order chi connectivity index (χ0) is 13.8. The van der Waals surface area contributed by atoms with E-state index in [4.69, 9.17) is 16.7 Å². The Balaban J connectivity index is 2.09. The van der Waals surface area contributed by atoms with Crippen LogP contribution >= 0.6 is 11.6 Å². The van der Waals surface area contributed by atoms with Crippen molar-refractivity contribution in [1.82, 2.24) is 10.2 Å². The van der Waals surface area contributed by atoms with Crippen LogP contribution in [0, 0.1) is 0 Å². The monoisotopic (exact) mass is 282 g/mol. The molecule has 1 amide bonds. The Hall–Kier alpha value is -1.59. The maximum atomic E-state index is 11.7. The highest BCUT2D eigenvalue weighted by Crippen LogP contribution is 2.16. The van der Waals surface area contributed by atoms with Crippen LogP contribution in [0.2, 0.25) is 5.02 Å². The van der Waals surface area contributed by atoms with Crippen LogP contribution in [0.4, 0.5) is 0 Å². The summed E-state index contributed by atoms with van der Waals surface area (Å²) in [6, 6.07) is 6.72. The quantitative estimate of drug-likeness (QED) is 0.868. The van der Waals surface area contributed by atoms with Crippen LogP contribution < -0.4 is 5.32 Å². The van der Waals surface area contributed by atoms with E-state index in [1.807, 2.05) is 17.0 Å².